The van der Waals surface area contributed by atoms with Crippen LogP contribution in [-0.2, 0) is 19.5 Å². The fourth-order valence-corrected chi connectivity index (χ4v) is 2.66. The lowest BCUT2D eigenvalue weighted by Crippen LogP contribution is -2.30. The van der Waals surface area contributed by atoms with Crippen LogP contribution in [0.4, 0.5) is 0 Å². The third-order valence-electron chi connectivity index (χ3n) is 3.74. The molecule has 0 amide bonds. The third kappa shape index (κ3) is 2.84. The predicted octanol–water partition coefficient (Wildman–Crippen LogP) is 2.24. The molecule has 1 unspecified atom stereocenters. The highest BCUT2D eigenvalue weighted by atomic mass is 16.5. The molecule has 20 heavy (non-hydrogen) atoms. The van der Waals surface area contributed by atoms with Gasteiger partial charge in [-0.15, -0.1) is 0 Å². The Balaban J connectivity index is 1.52. The lowest BCUT2D eigenvalue weighted by molar-refractivity contribution is 0.227. The second-order valence-corrected chi connectivity index (χ2v) is 5.16. The summed E-state index contributed by atoms with van der Waals surface area (Å²) in [5.41, 5.74) is 9.53. The van der Waals surface area contributed by atoms with E-state index in [2.05, 4.69) is 35.6 Å². The summed E-state index contributed by atoms with van der Waals surface area (Å²) in [5.74, 6) is 1.03. The SMILES string of the molecule is NCc1ccccc1CNCC1Cc2ccccc2O1. The zero-order valence-electron chi connectivity index (χ0n) is 11.5. The number of hydrogen-bond acceptors (Lipinski definition) is 3. The average molecular weight is 268 g/mol. The number of fused-ring (bicyclic) bond motifs is 1. The van der Waals surface area contributed by atoms with E-state index in [1.54, 1.807) is 0 Å². The Bertz CT molecular complexity index is 558. The molecule has 0 fully saturated rings. The highest BCUT2D eigenvalue weighted by Crippen LogP contribution is 2.27. The van der Waals surface area contributed by atoms with Crippen molar-refractivity contribution in [1.29, 1.82) is 0 Å². The molecule has 3 heteroatoms. The van der Waals surface area contributed by atoms with Gasteiger partial charge in [0, 0.05) is 26.1 Å². The van der Waals surface area contributed by atoms with E-state index < -0.39 is 0 Å². The normalized spacial score (nSPS) is 16.8. The van der Waals surface area contributed by atoms with E-state index >= 15 is 0 Å². The van der Waals surface area contributed by atoms with Crippen molar-refractivity contribution in [2.75, 3.05) is 6.54 Å². The van der Waals surface area contributed by atoms with Crippen LogP contribution in [0, 0.1) is 0 Å². The fraction of sp³-hybridized carbons (Fsp3) is 0.294. The van der Waals surface area contributed by atoms with Crippen molar-refractivity contribution in [1.82, 2.24) is 5.32 Å². The van der Waals surface area contributed by atoms with Crippen LogP contribution in [0.5, 0.6) is 5.75 Å². The second kappa shape index (κ2) is 6.07. The van der Waals surface area contributed by atoms with Gasteiger partial charge >= 0.3 is 0 Å². The minimum Gasteiger partial charge on any atom is -0.488 e. The highest BCUT2D eigenvalue weighted by molar-refractivity contribution is 5.37. The van der Waals surface area contributed by atoms with Crippen LogP contribution in [0.15, 0.2) is 48.5 Å². The largest absolute Gasteiger partial charge is 0.488 e. The maximum Gasteiger partial charge on any atom is 0.123 e. The van der Waals surface area contributed by atoms with Crippen LogP contribution in [0.25, 0.3) is 0 Å². The molecule has 0 saturated carbocycles. The van der Waals surface area contributed by atoms with Crippen molar-refractivity contribution >= 4 is 0 Å². The molecule has 2 aromatic carbocycles. The molecule has 104 valence electrons. The summed E-state index contributed by atoms with van der Waals surface area (Å²) in [5, 5.41) is 3.47. The molecule has 1 aliphatic heterocycles. The topological polar surface area (TPSA) is 47.3 Å². The van der Waals surface area contributed by atoms with E-state index in [0.29, 0.717) is 6.54 Å². The highest BCUT2D eigenvalue weighted by Gasteiger charge is 2.21. The number of rotatable bonds is 5. The van der Waals surface area contributed by atoms with Gasteiger partial charge in [-0.25, -0.2) is 0 Å². The summed E-state index contributed by atoms with van der Waals surface area (Å²) >= 11 is 0. The average Bonchev–Trinajstić information content (AvgIpc) is 2.90. The quantitative estimate of drug-likeness (QED) is 0.874. The maximum absolute atomic E-state index is 5.91. The molecular formula is C17H20N2O. The molecular weight excluding hydrogens is 248 g/mol. The standard InChI is InChI=1S/C17H20N2O/c18-10-14-6-1-2-7-15(14)11-19-12-16-9-13-5-3-4-8-17(13)20-16/h1-8,16,19H,9-12,18H2. The van der Waals surface area contributed by atoms with Crippen LogP contribution >= 0.6 is 0 Å². The first-order valence-electron chi connectivity index (χ1n) is 7.09. The Morgan fingerprint density at radius 3 is 2.60 bits per heavy atom. The number of hydrogen-bond donors (Lipinski definition) is 2. The number of para-hydroxylation sites is 1. The zero-order chi connectivity index (χ0) is 13.8. The Kier molecular flexibility index (Phi) is 4.00. The lowest BCUT2D eigenvalue weighted by Gasteiger charge is -2.13. The Labute approximate surface area is 119 Å². The maximum atomic E-state index is 5.91. The van der Waals surface area contributed by atoms with Gasteiger partial charge in [0.15, 0.2) is 0 Å². The molecule has 0 spiro atoms. The Morgan fingerprint density at radius 1 is 1.05 bits per heavy atom. The smallest absolute Gasteiger partial charge is 0.123 e. The molecule has 0 aliphatic carbocycles. The molecule has 1 heterocycles. The first-order valence-corrected chi connectivity index (χ1v) is 7.09. The molecule has 0 bridgehead atoms. The van der Waals surface area contributed by atoms with Crippen molar-refractivity contribution in [3.63, 3.8) is 0 Å². The van der Waals surface area contributed by atoms with Gasteiger partial charge < -0.3 is 15.8 Å². The lowest BCUT2D eigenvalue weighted by atomic mass is 10.1. The van der Waals surface area contributed by atoms with Crippen molar-refractivity contribution in [3.8, 4) is 5.75 Å². The summed E-state index contributed by atoms with van der Waals surface area (Å²) in [6.45, 7) is 2.28. The van der Waals surface area contributed by atoms with E-state index in [4.69, 9.17) is 10.5 Å². The summed E-state index contributed by atoms with van der Waals surface area (Å²) in [7, 11) is 0. The van der Waals surface area contributed by atoms with Gasteiger partial charge in [0.1, 0.15) is 11.9 Å². The van der Waals surface area contributed by atoms with Gasteiger partial charge in [0.2, 0.25) is 0 Å². The first kappa shape index (κ1) is 13.2. The number of nitrogens with two attached hydrogens (primary N) is 1. The van der Waals surface area contributed by atoms with Gasteiger partial charge in [-0.1, -0.05) is 42.5 Å². The van der Waals surface area contributed by atoms with Gasteiger partial charge in [-0.3, -0.25) is 0 Å². The third-order valence-corrected chi connectivity index (χ3v) is 3.74. The molecule has 3 rings (SSSR count). The zero-order valence-corrected chi connectivity index (χ0v) is 11.5. The molecule has 1 atom stereocenters. The van der Waals surface area contributed by atoms with Crippen LogP contribution in [0.1, 0.15) is 16.7 Å². The van der Waals surface area contributed by atoms with Gasteiger partial charge in [-0.05, 0) is 22.8 Å². The fourth-order valence-electron chi connectivity index (χ4n) is 2.66. The van der Waals surface area contributed by atoms with Crippen LogP contribution in [-0.4, -0.2) is 12.6 Å². The summed E-state index contributed by atoms with van der Waals surface area (Å²) < 4.78 is 5.91. The number of nitrogens with one attached hydrogen (secondary N) is 1. The van der Waals surface area contributed by atoms with Gasteiger partial charge in [0.05, 0.1) is 0 Å². The second-order valence-electron chi connectivity index (χ2n) is 5.16. The molecule has 0 saturated heterocycles. The minimum atomic E-state index is 0.234. The number of benzene rings is 2. The predicted molar refractivity (Wildman–Crippen MR) is 80.6 cm³/mol. The Hall–Kier alpha value is -1.84. The van der Waals surface area contributed by atoms with Crippen LogP contribution < -0.4 is 15.8 Å². The van der Waals surface area contributed by atoms with Crippen molar-refractivity contribution in [2.24, 2.45) is 5.73 Å². The van der Waals surface area contributed by atoms with Crippen molar-refractivity contribution < 1.29 is 4.74 Å². The van der Waals surface area contributed by atoms with Crippen LogP contribution in [0.2, 0.25) is 0 Å². The van der Waals surface area contributed by atoms with E-state index in [1.165, 1.54) is 16.7 Å². The molecule has 3 nitrogen and oxygen atoms in total. The van der Waals surface area contributed by atoms with Crippen molar-refractivity contribution in [2.45, 2.75) is 25.6 Å². The minimum absolute atomic E-state index is 0.234. The van der Waals surface area contributed by atoms with Crippen molar-refractivity contribution in [3.05, 3.63) is 65.2 Å². The molecule has 3 N–H and O–H groups in total. The summed E-state index contributed by atoms with van der Waals surface area (Å²) in [6, 6.07) is 16.6. The van der Waals surface area contributed by atoms with E-state index in [0.717, 1.165) is 25.3 Å². The molecule has 2 aromatic rings. The Morgan fingerprint density at radius 2 is 1.80 bits per heavy atom. The van der Waals surface area contributed by atoms with Gasteiger partial charge in [0.25, 0.3) is 0 Å². The molecule has 0 aromatic heterocycles. The summed E-state index contributed by atoms with van der Waals surface area (Å²) in [4.78, 5) is 0. The first-order chi connectivity index (χ1) is 9.86. The molecule has 1 aliphatic rings. The van der Waals surface area contributed by atoms with Crippen LogP contribution in [0.3, 0.4) is 0 Å². The monoisotopic (exact) mass is 268 g/mol. The van der Waals surface area contributed by atoms with E-state index in [1.807, 2.05) is 18.2 Å². The van der Waals surface area contributed by atoms with Gasteiger partial charge in [-0.2, -0.15) is 0 Å². The number of ether oxygens (including phenoxy) is 1. The van der Waals surface area contributed by atoms with E-state index in [9.17, 15) is 0 Å². The van der Waals surface area contributed by atoms with E-state index in [-0.39, 0.29) is 6.10 Å². The molecule has 0 radical (unpaired) electrons. The summed E-state index contributed by atoms with van der Waals surface area (Å²) in [6.07, 6.45) is 1.22.